The minimum Gasteiger partial charge on any atom is -0.479 e. The lowest BCUT2D eigenvalue weighted by Gasteiger charge is -2.14. The van der Waals surface area contributed by atoms with E-state index in [1.54, 1.807) is 12.3 Å². The van der Waals surface area contributed by atoms with Crippen molar-refractivity contribution in [3.63, 3.8) is 0 Å². The van der Waals surface area contributed by atoms with Crippen LogP contribution in [-0.4, -0.2) is 37.3 Å². The minimum atomic E-state index is -1.17. The lowest BCUT2D eigenvalue weighted by Crippen LogP contribution is -2.10. The molecule has 0 aliphatic rings. The van der Waals surface area contributed by atoms with Crippen molar-refractivity contribution in [2.45, 2.75) is 20.8 Å². The highest BCUT2D eigenvalue weighted by molar-refractivity contribution is 5.85. The Morgan fingerprint density at radius 3 is 2.48 bits per heavy atom. The van der Waals surface area contributed by atoms with E-state index in [1.165, 1.54) is 12.1 Å². The van der Waals surface area contributed by atoms with E-state index in [-0.39, 0.29) is 12.5 Å². The highest BCUT2D eigenvalue weighted by Crippen LogP contribution is 2.31. The molecule has 0 saturated carbocycles. The van der Waals surface area contributed by atoms with E-state index in [4.69, 9.17) is 19.3 Å². The molecule has 3 rings (SSSR count). The van der Waals surface area contributed by atoms with Crippen LogP contribution in [0.15, 0.2) is 59.6 Å². The van der Waals surface area contributed by atoms with Crippen LogP contribution in [0.25, 0.3) is 11.1 Å². The summed E-state index contributed by atoms with van der Waals surface area (Å²) >= 11 is 0. The van der Waals surface area contributed by atoms with Gasteiger partial charge in [0.25, 0.3) is 0 Å². The quantitative estimate of drug-likeness (QED) is 0.243. The first-order valence-corrected chi connectivity index (χ1v) is 10.5. The van der Waals surface area contributed by atoms with E-state index < -0.39 is 18.4 Å². The number of carboxylic acid groups (broad SMARTS) is 1. The van der Waals surface area contributed by atoms with Crippen molar-refractivity contribution in [2.75, 3.05) is 20.0 Å². The van der Waals surface area contributed by atoms with Gasteiger partial charge in [0.2, 0.25) is 0 Å². The first-order chi connectivity index (χ1) is 15.9. The number of carbonyl (C=O) groups is 1. The first-order valence-electron chi connectivity index (χ1n) is 10.5. The molecule has 1 N–H and O–H groups in total. The van der Waals surface area contributed by atoms with Crippen molar-refractivity contribution >= 4 is 17.9 Å². The number of aryl methyl sites for hydroxylation is 2. The molecule has 0 saturated heterocycles. The first kappa shape index (κ1) is 23.9. The Labute approximate surface area is 192 Å². The van der Waals surface area contributed by atoms with Crippen LogP contribution in [0.4, 0.5) is 10.1 Å². The second kappa shape index (κ2) is 11.2. The van der Waals surface area contributed by atoms with E-state index in [9.17, 15) is 9.18 Å². The van der Waals surface area contributed by atoms with Crippen LogP contribution in [-0.2, 0) is 9.53 Å². The second-order valence-electron chi connectivity index (χ2n) is 7.37. The molecule has 0 aromatic heterocycles. The maximum atomic E-state index is 14.1. The number of hydrogen-bond donors (Lipinski definition) is 1. The zero-order valence-corrected chi connectivity index (χ0v) is 18.8. The Morgan fingerprint density at radius 1 is 1.06 bits per heavy atom. The fourth-order valence-corrected chi connectivity index (χ4v) is 3.41. The van der Waals surface area contributed by atoms with Gasteiger partial charge in [0.1, 0.15) is 5.75 Å². The van der Waals surface area contributed by atoms with Gasteiger partial charge in [-0.15, -0.1) is 0 Å². The van der Waals surface area contributed by atoms with E-state index in [0.717, 1.165) is 33.6 Å². The molecule has 7 heteroatoms. The average Bonchev–Trinajstić information content (AvgIpc) is 2.77. The second-order valence-corrected chi connectivity index (χ2v) is 7.37. The Hall–Kier alpha value is -3.71. The molecule has 0 atom stereocenters. The topological polar surface area (TPSA) is 77.3 Å². The molecule has 172 valence electrons. The lowest BCUT2D eigenvalue weighted by molar-refractivity contribution is -0.139. The van der Waals surface area contributed by atoms with Gasteiger partial charge in [0.15, 0.2) is 25.0 Å². The fraction of sp³-hybridized carbons (Fsp3) is 0.231. The van der Waals surface area contributed by atoms with Gasteiger partial charge in [-0.3, -0.25) is 4.99 Å². The van der Waals surface area contributed by atoms with Gasteiger partial charge in [-0.05, 0) is 78.9 Å². The number of hydrogen-bond acceptors (Lipinski definition) is 5. The zero-order chi connectivity index (χ0) is 23.8. The number of aliphatic imine (C=N–C) groups is 1. The van der Waals surface area contributed by atoms with E-state index in [2.05, 4.69) is 4.99 Å². The van der Waals surface area contributed by atoms with Gasteiger partial charge < -0.3 is 19.3 Å². The number of carboxylic acids is 1. The molecule has 0 amide bonds. The third-order valence-electron chi connectivity index (χ3n) is 4.82. The van der Waals surface area contributed by atoms with Crippen LogP contribution in [0, 0.1) is 19.7 Å². The summed E-state index contributed by atoms with van der Waals surface area (Å²) < 4.78 is 29.9. The molecule has 0 aliphatic heterocycles. The highest BCUT2D eigenvalue weighted by atomic mass is 19.1. The average molecular weight is 451 g/mol. The van der Waals surface area contributed by atoms with E-state index in [0.29, 0.717) is 12.3 Å². The summed E-state index contributed by atoms with van der Waals surface area (Å²) in [5.74, 6) is -1.21. The summed E-state index contributed by atoms with van der Waals surface area (Å²) in [6.45, 7) is 6.20. The highest BCUT2D eigenvalue weighted by Gasteiger charge is 2.10. The SMILES string of the molecule is CCOCOc1cc(C)c(-c2cccc(C=Nc3ccc(OCC(=O)O)c(F)c3)c2)c(C)c1. The zero-order valence-electron chi connectivity index (χ0n) is 18.8. The van der Waals surface area contributed by atoms with Crippen molar-refractivity contribution in [3.8, 4) is 22.6 Å². The summed E-state index contributed by atoms with van der Waals surface area (Å²) in [4.78, 5) is 14.9. The summed E-state index contributed by atoms with van der Waals surface area (Å²) in [6, 6.07) is 16.0. The fourth-order valence-electron chi connectivity index (χ4n) is 3.41. The van der Waals surface area contributed by atoms with Crippen LogP contribution in [0.5, 0.6) is 11.5 Å². The Morgan fingerprint density at radius 2 is 1.82 bits per heavy atom. The van der Waals surface area contributed by atoms with Crippen molar-refractivity contribution in [2.24, 2.45) is 4.99 Å². The molecular formula is C26H26FNO5. The molecule has 0 fully saturated rings. The van der Waals surface area contributed by atoms with Gasteiger partial charge in [0, 0.05) is 18.9 Å². The molecule has 0 radical (unpaired) electrons. The molecule has 3 aromatic rings. The van der Waals surface area contributed by atoms with Gasteiger partial charge in [0.05, 0.1) is 5.69 Å². The van der Waals surface area contributed by atoms with Crippen molar-refractivity contribution in [1.29, 1.82) is 0 Å². The van der Waals surface area contributed by atoms with E-state index in [1.807, 2.05) is 57.2 Å². The molecule has 33 heavy (non-hydrogen) atoms. The van der Waals surface area contributed by atoms with Crippen LogP contribution >= 0.6 is 0 Å². The number of aliphatic carboxylic acids is 1. The summed E-state index contributed by atoms with van der Waals surface area (Å²) in [5, 5.41) is 8.64. The van der Waals surface area contributed by atoms with Crippen LogP contribution in [0.3, 0.4) is 0 Å². The van der Waals surface area contributed by atoms with Gasteiger partial charge in [-0.1, -0.05) is 18.2 Å². The van der Waals surface area contributed by atoms with Crippen LogP contribution in [0.1, 0.15) is 23.6 Å². The number of nitrogens with zero attached hydrogens (tertiary/aromatic N) is 1. The largest absolute Gasteiger partial charge is 0.479 e. The third kappa shape index (κ3) is 6.63. The Kier molecular flexibility index (Phi) is 8.16. The Bertz CT molecular complexity index is 1140. The molecule has 0 bridgehead atoms. The van der Waals surface area contributed by atoms with Crippen LogP contribution in [0.2, 0.25) is 0 Å². The predicted molar refractivity (Wildman–Crippen MR) is 125 cm³/mol. The molecule has 3 aromatic carbocycles. The standard InChI is InChI=1S/C26H26FNO5/c1-4-31-16-33-22-10-17(2)26(18(3)11-22)20-7-5-6-19(12-20)14-28-21-8-9-24(23(27)13-21)32-15-25(29)30/h5-14H,4,15-16H2,1-3H3,(H,29,30). The monoisotopic (exact) mass is 451 g/mol. The minimum absolute atomic E-state index is 0.127. The van der Waals surface area contributed by atoms with Crippen LogP contribution < -0.4 is 9.47 Å². The van der Waals surface area contributed by atoms with Gasteiger partial charge in [-0.25, -0.2) is 9.18 Å². The number of rotatable bonds is 10. The number of halogens is 1. The molecule has 0 spiro atoms. The van der Waals surface area contributed by atoms with Crippen molar-refractivity contribution < 1.29 is 28.5 Å². The molecule has 6 nitrogen and oxygen atoms in total. The van der Waals surface area contributed by atoms with E-state index >= 15 is 0 Å². The number of ether oxygens (including phenoxy) is 3. The summed E-state index contributed by atoms with van der Waals surface area (Å²) in [7, 11) is 0. The molecule has 0 heterocycles. The maximum Gasteiger partial charge on any atom is 0.341 e. The van der Waals surface area contributed by atoms with Gasteiger partial charge >= 0.3 is 5.97 Å². The normalized spacial score (nSPS) is 11.0. The van der Waals surface area contributed by atoms with Crippen molar-refractivity contribution in [3.05, 3.63) is 77.1 Å². The molecule has 0 aliphatic carbocycles. The summed E-state index contributed by atoms with van der Waals surface area (Å²) in [5.41, 5.74) is 5.55. The smallest absolute Gasteiger partial charge is 0.341 e. The molecule has 0 unspecified atom stereocenters. The van der Waals surface area contributed by atoms with Crippen molar-refractivity contribution in [1.82, 2.24) is 0 Å². The predicted octanol–water partition coefficient (Wildman–Crippen LogP) is 5.70. The third-order valence-corrected chi connectivity index (χ3v) is 4.82. The summed E-state index contributed by atoms with van der Waals surface area (Å²) in [6.07, 6.45) is 1.65. The van der Waals surface area contributed by atoms with Gasteiger partial charge in [-0.2, -0.15) is 0 Å². The number of benzene rings is 3. The Balaban J connectivity index is 1.78. The lowest BCUT2D eigenvalue weighted by atomic mass is 9.94. The maximum absolute atomic E-state index is 14.1. The molecular weight excluding hydrogens is 425 g/mol.